The summed E-state index contributed by atoms with van der Waals surface area (Å²) in [5.74, 6) is -1.84. The number of rotatable bonds is 10. The summed E-state index contributed by atoms with van der Waals surface area (Å²) in [5, 5.41) is 8.03. The smallest absolute Gasteiger partial charge is 0.407 e. The quantitative estimate of drug-likeness (QED) is 0.267. The molecule has 0 saturated heterocycles. The summed E-state index contributed by atoms with van der Waals surface area (Å²) in [6.07, 6.45) is 2.02. The van der Waals surface area contributed by atoms with Gasteiger partial charge in [-0.25, -0.2) is 14.6 Å². The Kier molecular flexibility index (Phi) is 10.4. The fraction of sp³-hybridized carbons (Fsp3) is 0.519. The highest BCUT2D eigenvalue weighted by molar-refractivity contribution is 6.10. The Morgan fingerprint density at radius 2 is 1.55 bits per heavy atom. The van der Waals surface area contributed by atoms with Crippen molar-refractivity contribution in [3.05, 3.63) is 47.5 Å². The van der Waals surface area contributed by atoms with Gasteiger partial charge in [0.05, 0.1) is 6.33 Å². The van der Waals surface area contributed by atoms with Gasteiger partial charge in [-0.3, -0.25) is 9.59 Å². The summed E-state index contributed by atoms with van der Waals surface area (Å²) in [4.78, 5) is 57.2. The molecule has 0 fully saturated rings. The third kappa shape index (κ3) is 10.6. The van der Waals surface area contributed by atoms with E-state index < -0.39 is 41.1 Å². The molecule has 11 nitrogen and oxygen atoms in total. The lowest BCUT2D eigenvalue weighted by Gasteiger charge is -2.24. The Labute approximate surface area is 223 Å². The molecule has 1 heterocycles. The minimum absolute atomic E-state index is 0.0743. The number of alkyl carbamates (subject to hydrolysis) is 1. The summed E-state index contributed by atoms with van der Waals surface area (Å²) in [7, 11) is 0. The van der Waals surface area contributed by atoms with Gasteiger partial charge in [0, 0.05) is 12.2 Å². The second kappa shape index (κ2) is 13.1. The average molecular weight is 530 g/mol. The number of hydrogen-bond donors (Lipinski definition) is 4. The van der Waals surface area contributed by atoms with E-state index in [2.05, 4.69) is 25.9 Å². The van der Waals surface area contributed by atoms with Crippen LogP contribution in [0.1, 0.15) is 87.3 Å². The van der Waals surface area contributed by atoms with Crippen LogP contribution in [0, 0.1) is 6.92 Å². The molecule has 0 aliphatic rings. The normalized spacial score (nSPS) is 12.3. The molecular weight excluding hydrogens is 490 g/mol. The van der Waals surface area contributed by atoms with Crippen LogP contribution in [-0.4, -0.2) is 57.6 Å². The molecule has 0 saturated carbocycles. The average Bonchev–Trinajstić information content (AvgIpc) is 3.27. The zero-order valence-electron chi connectivity index (χ0n) is 23.2. The van der Waals surface area contributed by atoms with Crippen LogP contribution in [0.2, 0.25) is 0 Å². The zero-order valence-corrected chi connectivity index (χ0v) is 23.2. The molecule has 0 spiro atoms. The SMILES string of the molecule is Cc1ccc(NC(=O)c2nc[nH]c2C(=O)N[C@@H](CCCCNC(=O)OC(C)(C)C)C(=O)OC(C)(C)C)cc1. The molecule has 1 aromatic heterocycles. The predicted octanol–water partition coefficient (Wildman–Crippen LogP) is 4.11. The van der Waals surface area contributed by atoms with E-state index in [1.807, 2.05) is 19.1 Å². The molecule has 3 amide bonds. The number of aryl methyl sites for hydroxylation is 1. The van der Waals surface area contributed by atoms with Crippen molar-refractivity contribution < 1.29 is 28.7 Å². The van der Waals surface area contributed by atoms with Gasteiger partial charge in [0.2, 0.25) is 0 Å². The standard InChI is InChI=1S/C27H39N5O6/c1-17-11-13-18(14-12-17)31-22(33)20-21(30-16-29-20)23(34)32-19(24(35)37-26(2,3)4)10-8-9-15-28-25(36)38-27(5,6)7/h11-14,16,19H,8-10,15H2,1-7H3,(H,28,36)(H,29,30)(H,31,33)(H,32,34)/t19-/m0/s1. The topological polar surface area (TPSA) is 152 Å². The van der Waals surface area contributed by atoms with Gasteiger partial charge >= 0.3 is 12.1 Å². The maximum absolute atomic E-state index is 13.1. The third-order valence-corrected chi connectivity index (χ3v) is 4.98. The minimum atomic E-state index is -0.973. The monoisotopic (exact) mass is 529 g/mol. The molecular formula is C27H39N5O6. The second-order valence-corrected chi connectivity index (χ2v) is 10.9. The lowest BCUT2D eigenvalue weighted by Crippen LogP contribution is -2.44. The van der Waals surface area contributed by atoms with Crippen molar-refractivity contribution in [2.45, 2.75) is 85.0 Å². The van der Waals surface area contributed by atoms with E-state index in [0.717, 1.165) is 5.56 Å². The van der Waals surface area contributed by atoms with Crippen molar-refractivity contribution in [3.63, 3.8) is 0 Å². The van der Waals surface area contributed by atoms with Gasteiger partial charge in [-0.2, -0.15) is 0 Å². The van der Waals surface area contributed by atoms with E-state index in [-0.39, 0.29) is 17.8 Å². The highest BCUT2D eigenvalue weighted by Crippen LogP contribution is 2.15. The summed E-state index contributed by atoms with van der Waals surface area (Å²) in [6, 6.07) is 6.22. The highest BCUT2D eigenvalue weighted by Gasteiger charge is 2.29. The molecule has 38 heavy (non-hydrogen) atoms. The van der Waals surface area contributed by atoms with Crippen LogP contribution in [0.5, 0.6) is 0 Å². The van der Waals surface area contributed by atoms with Crippen molar-refractivity contribution in [2.75, 3.05) is 11.9 Å². The Hall–Kier alpha value is -3.89. The maximum atomic E-state index is 13.1. The molecule has 0 radical (unpaired) electrons. The minimum Gasteiger partial charge on any atom is -0.458 e. The molecule has 0 aliphatic heterocycles. The lowest BCUT2D eigenvalue weighted by atomic mass is 10.1. The summed E-state index contributed by atoms with van der Waals surface area (Å²) < 4.78 is 10.7. The van der Waals surface area contributed by atoms with Crippen molar-refractivity contribution in [3.8, 4) is 0 Å². The number of H-pyrrole nitrogens is 1. The van der Waals surface area contributed by atoms with Crippen LogP contribution < -0.4 is 16.0 Å². The first kappa shape index (κ1) is 30.3. The number of imidazole rings is 1. The Bertz CT molecular complexity index is 1110. The number of aromatic nitrogens is 2. The molecule has 2 rings (SSSR count). The van der Waals surface area contributed by atoms with E-state index in [4.69, 9.17) is 9.47 Å². The van der Waals surface area contributed by atoms with E-state index in [1.165, 1.54) is 6.33 Å². The fourth-order valence-electron chi connectivity index (χ4n) is 3.30. The number of esters is 1. The first-order chi connectivity index (χ1) is 17.6. The molecule has 0 unspecified atom stereocenters. The van der Waals surface area contributed by atoms with E-state index in [9.17, 15) is 19.2 Å². The van der Waals surface area contributed by atoms with Crippen molar-refractivity contribution in [2.24, 2.45) is 0 Å². The molecule has 1 aromatic carbocycles. The number of anilines is 1. The van der Waals surface area contributed by atoms with Crippen LogP contribution in [-0.2, 0) is 14.3 Å². The Balaban J connectivity index is 2.02. The first-order valence-electron chi connectivity index (χ1n) is 12.6. The molecule has 0 aliphatic carbocycles. The van der Waals surface area contributed by atoms with Gasteiger partial charge in [0.25, 0.3) is 11.8 Å². The molecule has 1 atom stereocenters. The van der Waals surface area contributed by atoms with E-state index in [0.29, 0.717) is 25.1 Å². The Morgan fingerprint density at radius 1 is 0.921 bits per heavy atom. The van der Waals surface area contributed by atoms with Gasteiger partial charge < -0.3 is 30.4 Å². The first-order valence-corrected chi connectivity index (χ1v) is 12.6. The number of unbranched alkanes of at least 4 members (excludes halogenated alkanes) is 1. The van der Waals surface area contributed by atoms with Gasteiger partial charge in [-0.1, -0.05) is 17.7 Å². The lowest BCUT2D eigenvalue weighted by molar-refractivity contribution is -0.157. The van der Waals surface area contributed by atoms with Crippen molar-refractivity contribution in [1.29, 1.82) is 0 Å². The molecule has 208 valence electrons. The van der Waals surface area contributed by atoms with Crippen LogP contribution >= 0.6 is 0 Å². The fourth-order valence-corrected chi connectivity index (χ4v) is 3.30. The number of amides is 3. The number of carbonyl (C=O) groups excluding carboxylic acids is 4. The summed E-state index contributed by atoms with van der Waals surface area (Å²) in [5.41, 5.74) is 0.0602. The number of aromatic amines is 1. The Morgan fingerprint density at radius 3 is 2.16 bits per heavy atom. The molecule has 2 aromatic rings. The zero-order chi connectivity index (χ0) is 28.5. The molecule has 11 heteroatoms. The number of nitrogens with one attached hydrogen (secondary N) is 4. The predicted molar refractivity (Wildman–Crippen MR) is 143 cm³/mol. The second-order valence-electron chi connectivity index (χ2n) is 10.9. The van der Waals surface area contributed by atoms with Gasteiger partial charge in [-0.05, 0) is 79.9 Å². The number of benzene rings is 1. The number of ether oxygens (including phenoxy) is 2. The molecule has 4 N–H and O–H groups in total. The van der Waals surface area contributed by atoms with E-state index in [1.54, 1.807) is 53.7 Å². The van der Waals surface area contributed by atoms with Gasteiger partial charge in [0.15, 0.2) is 5.69 Å². The van der Waals surface area contributed by atoms with Crippen LogP contribution in [0.25, 0.3) is 0 Å². The summed E-state index contributed by atoms with van der Waals surface area (Å²) in [6.45, 7) is 12.8. The van der Waals surface area contributed by atoms with Gasteiger partial charge in [-0.15, -0.1) is 0 Å². The highest BCUT2D eigenvalue weighted by atomic mass is 16.6. The third-order valence-electron chi connectivity index (χ3n) is 4.98. The molecule has 0 bridgehead atoms. The number of nitrogens with zero attached hydrogens (tertiary/aromatic N) is 1. The van der Waals surface area contributed by atoms with Crippen LogP contribution in [0.15, 0.2) is 30.6 Å². The van der Waals surface area contributed by atoms with E-state index >= 15 is 0 Å². The summed E-state index contributed by atoms with van der Waals surface area (Å²) >= 11 is 0. The number of carbonyl (C=O) groups is 4. The largest absolute Gasteiger partial charge is 0.458 e. The van der Waals surface area contributed by atoms with Crippen molar-refractivity contribution in [1.82, 2.24) is 20.6 Å². The van der Waals surface area contributed by atoms with Gasteiger partial charge in [0.1, 0.15) is 22.9 Å². The van der Waals surface area contributed by atoms with Crippen LogP contribution in [0.4, 0.5) is 10.5 Å². The maximum Gasteiger partial charge on any atom is 0.407 e. The van der Waals surface area contributed by atoms with Crippen LogP contribution in [0.3, 0.4) is 0 Å². The number of hydrogen-bond acceptors (Lipinski definition) is 7. The van der Waals surface area contributed by atoms with Crippen molar-refractivity contribution >= 4 is 29.6 Å².